The first kappa shape index (κ1) is 19.8. The van der Waals surface area contributed by atoms with E-state index >= 15 is 0 Å². The van der Waals surface area contributed by atoms with Crippen molar-refractivity contribution in [1.82, 2.24) is 4.90 Å². The first-order valence-corrected chi connectivity index (χ1v) is 9.18. The lowest BCUT2D eigenvalue weighted by Crippen LogP contribution is -2.30. The summed E-state index contributed by atoms with van der Waals surface area (Å²) in [5, 5.41) is 20.8. The van der Waals surface area contributed by atoms with Crippen LogP contribution in [0.25, 0.3) is 5.76 Å². The fourth-order valence-electron chi connectivity index (χ4n) is 3.38. The summed E-state index contributed by atoms with van der Waals surface area (Å²) in [6.45, 7) is 2.22. The molecule has 2 N–H and O–H groups in total. The predicted molar refractivity (Wildman–Crippen MR) is 105 cm³/mol. The maximum Gasteiger partial charge on any atom is 0.295 e. The van der Waals surface area contributed by atoms with Crippen LogP contribution in [0.15, 0.2) is 48.0 Å². The standard InChI is InChI=1S/C21H20ClNO5/c1-3-10-23-18(12-8-9-15(24)14(22)11-12)17(20(26)21(23)27)19(25)13-6-4-5-7-16(13)28-2/h4-9,11,18,24-25H,3,10H2,1-2H3/b19-17-. The summed E-state index contributed by atoms with van der Waals surface area (Å²) < 4.78 is 5.28. The molecule has 1 amide bonds. The van der Waals surface area contributed by atoms with E-state index in [1.54, 1.807) is 30.3 Å². The molecule has 2 aromatic rings. The number of carbonyl (C=O) groups is 2. The van der Waals surface area contributed by atoms with Gasteiger partial charge in [0.25, 0.3) is 11.7 Å². The zero-order chi connectivity index (χ0) is 20.4. The van der Waals surface area contributed by atoms with Crippen molar-refractivity contribution in [2.75, 3.05) is 13.7 Å². The van der Waals surface area contributed by atoms with Gasteiger partial charge >= 0.3 is 0 Å². The molecule has 0 radical (unpaired) electrons. The van der Waals surface area contributed by atoms with Crippen molar-refractivity contribution in [3.63, 3.8) is 0 Å². The first-order chi connectivity index (χ1) is 13.4. The van der Waals surface area contributed by atoms with Crippen LogP contribution in [-0.2, 0) is 9.59 Å². The second kappa shape index (κ2) is 7.94. The minimum absolute atomic E-state index is 0.0373. The lowest BCUT2D eigenvalue weighted by molar-refractivity contribution is -0.139. The Bertz CT molecular complexity index is 969. The number of aliphatic hydroxyl groups excluding tert-OH is 1. The zero-order valence-electron chi connectivity index (χ0n) is 15.5. The third kappa shape index (κ3) is 3.31. The topological polar surface area (TPSA) is 87.1 Å². The van der Waals surface area contributed by atoms with E-state index in [1.807, 2.05) is 6.92 Å². The Hall–Kier alpha value is -2.99. The highest BCUT2D eigenvalue weighted by molar-refractivity contribution is 6.46. The monoisotopic (exact) mass is 401 g/mol. The molecule has 0 aromatic heterocycles. The number of likely N-dealkylation sites (tertiary alicyclic amines) is 1. The normalized spacial score (nSPS) is 18.5. The Morgan fingerprint density at radius 3 is 2.57 bits per heavy atom. The van der Waals surface area contributed by atoms with E-state index in [9.17, 15) is 19.8 Å². The lowest BCUT2D eigenvalue weighted by Gasteiger charge is -2.25. The number of phenolic OH excluding ortho intramolecular Hbond substituents is 1. The molecule has 0 spiro atoms. The van der Waals surface area contributed by atoms with Gasteiger partial charge in [0.15, 0.2) is 0 Å². The summed E-state index contributed by atoms with van der Waals surface area (Å²) >= 11 is 6.04. The SMILES string of the molecule is CCCN1C(=O)C(=O)/C(=C(\O)c2ccccc2OC)C1c1ccc(O)c(Cl)c1. The van der Waals surface area contributed by atoms with Crippen LogP contribution in [0.2, 0.25) is 5.02 Å². The number of halogens is 1. The third-order valence-corrected chi connectivity index (χ3v) is 4.96. The number of phenols is 1. The molecule has 1 heterocycles. The van der Waals surface area contributed by atoms with Gasteiger partial charge in [-0.25, -0.2) is 0 Å². The number of carbonyl (C=O) groups excluding carboxylic acids is 2. The molecule has 0 bridgehead atoms. The minimum Gasteiger partial charge on any atom is -0.507 e. The van der Waals surface area contributed by atoms with Crippen LogP contribution in [0.4, 0.5) is 0 Å². The first-order valence-electron chi connectivity index (χ1n) is 8.80. The maximum absolute atomic E-state index is 12.8. The van der Waals surface area contributed by atoms with E-state index < -0.39 is 17.7 Å². The van der Waals surface area contributed by atoms with Crippen LogP contribution in [0.5, 0.6) is 11.5 Å². The van der Waals surface area contributed by atoms with Crippen LogP contribution in [-0.4, -0.2) is 40.5 Å². The van der Waals surface area contributed by atoms with Gasteiger partial charge < -0.3 is 19.8 Å². The van der Waals surface area contributed by atoms with Gasteiger partial charge in [0.1, 0.15) is 17.3 Å². The number of hydrogen-bond acceptors (Lipinski definition) is 5. The van der Waals surface area contributed by atoms with Gasteiger partial charge in [-0.2, -0.15) is 0 Å². The molecule has 1 aliphatic heterocycles. The fourth-order valence-corrected chi connectivity index (χ4v) is 3.57. The summed E-state index contributed by atoms with van der Waals surface area (Å²) in [6, 6.07) is 10.4. The minimum atomic E-state index is -0.817. The van der Waals surface area contributed by atoms with Crippen LogP contribution >= 0.6 is 11.6 Å². The Balaban J connectivity index is 2.24. The van der Waals surface area contributed by atoms with Crippen molar-refractivity contribution in [3.05, 3.63) is 64.2 Å². The predicted octanol–water partition coefficient (Wildman–Crippen LogP) is 3.89. The summed E-state index contributed by atoms with van der Waals surface area (Å²) in [5.74, 6) is -1.51. The van der Waals surface area contributed by atoms with E-state index in [2.05, 4.69) is 0 Å². The smallest absolute Gasteiger partial charge is 0.295 e. The highest BCUT2D eigenvalue weighted by Crippen LogP contribution is 2.42. The Labute approximate surface area is 167 Å². The number of nitrogens with zero attached hydrogens (tertiary/aromatic N) is 1. The van der Waals surface area contributed by atoms with Gasteiger partial charge in [-0.3, -0.25) is 9.59 Å². The number of amides is 1. The van der Waals surface area contributed by atoms with E-state index in [0.29, 0.717) is 29.8 Å². The number of aliphatic hydroxyl groups is 1. The number of hydrogen-bond donors (Lipinski definition) is 2. The van der Waals surface area contributed by atoms with Crippen LogP contribution in [0, 0.1) is 0 Å². The number of aromatic hydroxyl groups is 1. The van der Waals surface area contributed by atoms with Gasteiger partial charge in [0.2, 0.25) is 0 Å². The van der Waals surface area contributed by atoms with Gasteiger partial charge in [0.05, 0.1) is 29.3 Å². The molecule has 1 aliphatic rings. The van der Waals surface area contributed by atoms with E-state index in [4.69, 9.17) is 16.3 Å². The van der Waals surface area contributed by atoms with Gasteiger partial charge in [-0.15, -0.1) is 0 Å². The maximum atomic E-state index is 12.8. The number of para-hydroxylation sites is 1. The largest absolute Gasteiger partial charge is 0.507 e. The molecule has 6 nitrogen and oxygen atoms in total. The molecule has 1 saturated heterocycles. The summed E-state index contributed by atoms with van der Waals surface area (Å²) in [5.41, 5.74) is 0.797. The quantitative estimate of drug-likeness (QED) is 0.451. The lowest BCUT2D eigenvalue weighted by atomic mass is 9.95. The molecule has 2 aromatic carbocycles. The number of ether oxygens (including phenoxy) is 1. The number of rotatable bonds is 5. The van der Waals surface area contributed by atoms with E-state index in [-0.39, 0.29) is 22.1 Å². The number of Topliss-reactive ketones (excluding diaryl/α,β-unsaturated/α-hetero) is 1. The molecule has 0 saturated carbocycles. The number of benzene rings is 2. The van der Waals surface area contributed by atoms with Crippen molar-refractivity contribution in [2.24, 2.45) is 0 Å². The molecule has 1 unspecified atom stereocenters. The van der Waals surface area contributed by atoms with Crippen molar-refractivity contribution < 1.29 is 24.5 Å². The number of ketones is 1. The summed E-state index contributed by atoms with van der Waals surface area (Å²) in [4.78, 5) is 26.9. The molecule has 1 atom stereocenters. The second-order valence-corrected chi connectivity index (χ2v) is 6.81. The molecular formula is C21H20ClNO5. The van der Waals surface area contributed by atoms with Crippen molar-refractivity contribution >= 4 is 29.1 Å². The van der Waals surface area contributed by atoms with Gasteiger partial charge in [0, 0.05) is 6.54 Å². The van der Waals surface area contributed by atoms with E-state index in [1.165, 1.54) is 24.1 Å². The van der Waals surface area contributed by atoms with Crippen molar-refractivity contribution in [3.8, 4) is 11.5 Å². The molecular weight excluding hydrogens is 382 g/mol. The highest BCUT2D eigenvalue weighted by Gasteiger charge is 2.46. The molecule has 3 rings (SSSR count). The van der Waals surface area contributed by atoms with Crippen LogP contribution in [0.1, 0.15) is 30.5 Å². The van der Waals surface area contributed by atoms with Gasteiger partial charge in [-0.1, -0.05) is 36.7 Å². The molecule has 7 heteroatoms. The van der Waals surface area contributed by atoms with E-state index in [0.717, 1.165) is 0 Å². The average Bonchev–Trinajstić information content (AvgIpc) is 2.95. The zero-order valence-corrected chi connectivity index (χ0v) is 16.2. The van der Waals surface area contributed by atoms with Gasteiger partial charge in [-0.05, 0) is 36.2 Å². The molecule has 146 valence electrons. The van der Waals surface area contributed by atoms with Crippen LogP contribution < -0.4 is 4.74 Å². The Kier molecular flexibility index (Phi) is 5.61. The Morgan fingerprint density at radius 2 is 1.93 bits per heavy atom. The van der Waals surface area contributed by atoms with Crippen LogP contribution in [0.3, 0.4) is 0 Å². The van der Waals surface area contributed by atoms with Crippen molar-refractivity contribution in [2.45, 2.75) is 19.4 Å². The Morgan fingerprint density at radius 1 is 1.21 bits per heavy atom. The summed E-state index contributed by atoms with van der Waals surface area (Å²) in [6.07, 6.45) is 0.629. The summed E-state index contributed by atoms with van der Waals surface area (Å²) in [7, 11) is 1.46. The average molecular weight is 402 g/mol. The molecule has 0 aliphatic carbocycles. The second-order valence-electron chi connectivity index (χ2n) is 6.40. The molecule has 1 fully saturated rings. The highest BCUT2D eigenvalue weighted by atomic mass is 35.5. The fraction of sp³-hybridized carbons (Fsp3) is 0.238. The number of methoxy groups -OCH3 is 1. The third-order valence-electron chi connectivity index (χ3n) is 4.65. The molecule has 28 heavy (non-hydrogen) atoms. The van der Waals surface area contributed by atoms with Crippen molar-refractivity contribution in [1.29, 1.82) is 0 Å².